The number of pyridine rings is 1. The van der Waals surface area contributed by atoms with Gasteiger partial charge < -0.3 is 10.0 Å². The molecule has 154 valence electrons. The fraction of sp³-hybridized carbons (Fsp3) is 0.105. The number of carbonyl (C=O) groups is 1. The molecule has 0 unspecified atom stereocenters. The second-order valence-corrected chi connectivity index (χ2v) is 7.99. The molecule has 2 heterocycles. The van der Waals surface area contributed by atoms with E-state index in [1.165, 1.54) is 31.3 Å². The van der Waals surface area contributed by atoms with Gasteiger partial charge in [-0.2, -0.15) is 9.65 Å². The molecule has 0 fully saturated rings. The molecule has 3 aromatic rings. The zero-order valence-corrected chi connectivity index (χ0v) is 16.3. The Bertz CT molecular complexity index is 1280. The summed E-state index contributed by atoms with van der Waals surface area (Å²) in [6.45, 7) is -0.488. The lowest BCUT2D eigenvalue weighted by Gasteiger charge is -2.12. The third-order valence-electron chi connectivity index (χ3n) is 4.28. The fourth-order valence-corrected chi connectivity index (χ4v) is 4.36. The third kappa shape index (κ3) is 3.60. The van der Waals surface area contributed by atoms with E-state index in [1.54, 1.807) is 6.07 Å². The molecule has 0 aliphatic carbocycles. The van der Waals surface area contributed by atoms with Gasteiger partial charge in [0.05, 0.1) is 17.7 Å². The van der Waals surface area contributed by atoms with Crippen molar-refractivity contribution in [1.82, 2.24) is 13.9 Å². The Morgan fingerprint density at radius 1 is 1.27 bits per heavy atom. The number of rotatable bonds is 5. The molecule has 0 saturated carbocycles. The van der Waals surface area contributed by atoms with E-state index >= 15 is 4.39 Å². The minimum atomic E-state index is -4.54. The summed E-state index contributed by atoms with van der Waals surface area (Å²) < 4.78 is 56.6. The summed E-state index contributed by atoms with van der Waals surface area (Å²) in [5.74, 6) is -2.23. The van der Waals surface area contributed by atoms with Crippen molar-refractivity contribution in [3.05, 3.63) is 71.7 Å². The molecule has 0 atom stereocenters. The first-order valence-electron chi connectivity index (χ1n) is 8.37. The zero-order chi connectivity index (χ0) is 22.1. The third-order valence-corrected chi connectivity index (χ3v) is 5.99. The average molecular weight is 432 g/mol. The lowest BCUT2D eigenvalue weighted by Crippen LogP contribution is -2.24. The number of halogens is 2. The van der Waals surface area contributed by atoms with Crippen molar-refractivity contribution in [2.75, 3.05) is 7.05 Å². The highest BCUT2D eigenvalue weighted by Crippen LogP contribution is 2.33. The van der Waals surface area contributed by atoms with E-state index in [4.69, 9.17) is 5.11 Å². The van der Waals surface area contributed by atoms with Crippen LogP contribution in [0.2, 0.25) is 0 Å². The molecule has 1 amide bonds. The summed E-state index contributed by atoms with van der Waals surface area (Å²) in [5.41, 5.74) is -1.57. The Morgan fingerprint density at radius 2 is 1.97 bits per heavy atom. The zero-order valence-electron chi connectivity index (χ0n) is 15.5. The molecule has 3 rings (SSSR count). The van der Waals surface area contributed by atoms with E-state index < -0.39 is 50.6 Å². The molecule has 2 aromatic heterocycles. The lowest BCUT2D eigenvalue weighted by molar-refractivity contribution is 0.153. The topological polar surface area (TPSA) is 116 Å². The molecule has 0 spiro atoms. The van der Waals surface area contributed by atoms with Crippen LogP contribution in [0.4, 0.5) is 13.6 Å². The first-order valence-corrected chi connectivity index (χ1v) is 9.81. The van der Waals surface area contributed by atoms with Crippen LogP contribution in [0.5, 0.6) is 0 Å². The first-order chi connectivity index (χ1) is 14.2. The molecule has 0 aliphatic heterocycles. The maximum atomic E-state index is 15.2. The molecular formula is C19H14F2N4O4S. The number of aromatic nitrogens is 2. The van der Waals surface area contributed by atoms with E-state index in [1.807, 2.05) is 0 Å². The van der Waals surface area contributed by atoms with E-state index in [0.29, 0.717) is 3.97 Å². The molecule has 0 radical (unpaired) electrons. The van der Waals surface area contributed by atoms with Gasteiger partial charge in [0.1, 0.15) is 16.7 Å². The normalized spacial score (nSPS) is 11.1. The Balaban J connectivity index is 2.32. The Kier molecular flexibility index (Phi) is 5.53. The van der Waals surface area contributed by atoms with Crippen LogP contribution in [0.15, 0.2) is 53.7 Å². The lowest BCUT2D eigenvalue weighted by atomic mass is 10.2. The van der Waals surface area contributed by atoms with Crippen molar-refractivity contribution in [2.45, 2.75) is 11.4 Å². The molecule has 0 bridgehead atoms. The maximum absolute atomic E-state index is 15.2. The SMILES string of the molecule is CN(Cc1cn(S(=O)(=O)c2ccccc2C#N)c(-c2cccnc2F)c1F)C(=O)O. The Morgan fingerprint density at radius 3 is 2.60 bits per heavy atom. The minimum Gasteiger partial charge on any atom is -0.465 e. The van der Waals surface area contributed by atoms with Gasteiger partial charge in [-0.05, 0) is 24.3 Å². The van der Waals surface area contributed by atoms with Gasteiger partial charge in [0.15, 0.2) is 5.82 Å². The number of benzene rings is 1. The average Bonchev–Trinajstić information content (AvgIpc) is 3.05. The van der Waals surface area contributed by atoms with Crippen LogP contribution < -0.4 is 0 Å². The summed E-state index contributed by atoms with van der Waals surface area (Å²) >= 11 is 0. The van der Waals surface area contributed by atoms with Gasteiger partial charge >= 0.3 is 6.09 Å². The van der Waals surface area contributed by atoms with E-state index in [9.17, 15) is 22.9 Å². The van der Waals surface area contributed by atoms with Gasteiger partial charge in [0, 0.05) is 25.0 Å². The summed E-state index contributed by atoms with van der Waals surface area (Å²) in [7, 11) is -3.37. The molecule has 11 heteroatoms. The summed E-state index contributed by atoms with van der Waals surface area (Å²) in [5, 5.41) is 18.3. The van der Waals surface area contributed by atoms with Crippen LogP contribution in [-0.2, 0) is 16.6 Å². The molecule has 1 aromatic carbocycles. The highest BCUT2D eigenvalue weighted by molar-refractivity contribution is 7.90. The van der Waals surface area contributed by atoms with E-state index in [2.05, 4.69) is 4.98 Å². The van der Waals surface area contributed by atoms with Crippen molar-refractivity contribution in [2.24, 2.45) is 0 Å². The van der Waals surface area contributed by atoms with Crippen LogP contribution in [0.1, 0.15) is 11.1 Å². The maximum Gasteiger partial charge on any atom is 0.407 e. The monoisotopic (exact) mass is 432 g/mol. The predicted octanol–water partition coefficient (Wildman–Crippen LogP) is 3.05. The van der Waals surface area contributed by atoms with Gasteiger partial charge in [-0.15, -0.1) is 0 Å². The van der Waals surface area contributed by atoms with Crippen molar-refractivity contribution >= 4 is 16.1 Å². The number of hydrogen-bond donors (Lipinski definition) is 1. The standard InChI is InChI=1S/C19H14F2N4O4S/c1-24(19(26)27)10-13-11-25(17(16(13)20)14-6-4-8-23-18(14)21)30(28,29)15-7-3-2-5-12(15)9-22/h2-8,11H,10H2,1H3,(H,26,27). The van der Waals surface area contributed by atoms with E-state index in [0.717, 1.165) is 29.4 Å². The Hall–Kier alpha value is -3.78. The predicted molar refractivity (Wildman–Crippen MR) is 101 cm³/mol. The van der Waals surface area contributed by atoms with Gasteiger partial charge in [-0.1, -0.05) is 12.1 Å². The number of nitrogens with zero attached hydrogens (tertiary/aromatic N) is 4. The molecule has 0 aliphatic rings. The first kappa shape index (κ1) is 20.9. The number of carboxylic acid groups (broad SMARTS) is 1. The van der Waals surface area contributed by atoms with Crippen molar-refractivity contribution in [1.29, 1.82) is 5.26 Å². The number of hydrogen-bond acceptors (Lipinski definition) is 5. The van der Waals surface area contributed by atoms with Crippen molar-refractivity contribution in [3.63, 3.8) is 0 Å². The Labute approximate surface area is 170 Å². The van der Waals surface area contributed by atoms with E-state index in [-0.39, 0.29) is 11.1 Å². The largest absolute Gasteiger partial charge is 0.465 e. The van der Waals surface area contributed by atoms with Crippen molar-refractivity contribution in [3.8, 4) is 17.3 Å². The van der Waals surface area contributed by atoms with Gasteiger partial charge in [0.25, 0.3) is 10.0 Å². The second kappa shape index (κ2) is 7.92. The van der Waals surface area contributed by atoms with Gasteiger partial charge in [0.2, 0.25) is 5.95 Å². The quantitative estimate of drug-likeness (QED) is 0.620. The number of nitriles is 1. The van der Waals surface area contributed by atoms with Crippen LogP contribution in [0.3, 0.4) is 0 Å². The van der Waals surface area contributed by atoms with Crippen LogP contribution in [-0.4, -0.2) is 40.5 Å². The number of amides is 1. The fourth-order valence-electron chi connectivity index (χ4n) is 2.82. The van der Waals surface area contributed by atoms with Gasteiger partial charge in [-0.25, -0.2) is 26.6 Å². The smallest absolute Gasteiger partial charge is 0.407 e. The summed E-state index contributed by atoms with van der Waals surface area (Å²) in [4.78, 5) is 14.9. The molecule has 1 N–H and O–H groups in total. The van der Waals surface area contributed by atoms with Gasteiger partial charge in [-0.3, -0.25) is 0 Å². The molecule has 8 nitrogen and oxygen atoms in total. The summed E-state index contributed by atoms with van der Waals surface area (Å²) in [6, 6.07) is 9.48. The molecule has 0 saturated heterocycles. The van der Waals surface area contributed by atoms with Crippen molar-refractivity contribution < 1.29 is 27.1 Å². The van der Waals surface area contributed by atoms with Crippen LogP contribution in [0.25, 0.3) is 11.3 Å². The molecule has 30 heavy (non-hydrogen) atoms. The van der Waals surface area contributed by atoms with Crippen LogP contribution >= 0.6 is 0 Å². The minimum absolute atomic E-state index is 0.187. The highest BCUT2D eigenvalue weighted by Gasteiger charge is 2.30. The summed E-state index contributed by atoms with van der Waals surface area (Å²) in [6.07, 6.45) is 0.622. The molecular weight excluding hydrogens is 418 g/mol. The second-order valence-electron chi connectivity index (χ2n) is 6.21. The highest BCUT2D eigenvalue weighted by atomic mass is 32.2. The van der Waals surface area contributed by atoms with Crippen LogP contribution in [0, 0.1) is 23.1 Å².